The van der Waals surface area contributed by atoms with E-state index in [9.17, 15) is 65.1 Å². The van der Waals surface area contributed by atoms with Crippen LogP contribution in [0, 0.1) is 10.7 Å². The van der Waals surface area contributed by atoms with Gasteiger partial charge in [-0.1, -0.05) is 0 Å². The number of hydrogen-bond acceptors (Lipinski definition) is 24. The van der Waals surface area contributed by atoms with E-state index >= 15 is 0 Å². The molecule has 3 aliphatic heterocycles. The number of hydrogen-bond donors (Lipinski definition) is 18. The molecule has 4 rings (SSSR count). The fourth-order valence-corrected chi connectivity index (χ4v) is 12.0. The zero-order valence-electron chi connectivity index (χ0n) is 35.5. The number of thiol groups is 2. The number of amides is 3. The summed E-state index contributed by atoms with van der Waals surface area (Å²) in [6.07, 6.45) is -20.6. The summed E-state index contributed by atoms with van der Waals surface area (Å²) in [6, 6.07) is -6.83. The zero-order valence-corrected chi connectivity index (χ0v) is 43.7. The number of carbonyl (C=O) groups is 4. The van der Waals surface area contributed by atoms with Gasteiger partial charge in [0.05, 0.1) is 66.7 Å². The summed E-state index contributed by atoms with van der Waals surface area (Å²) in [5.74, 6) is -3.26. The number of aliphatic hydroxyl groups excluding tert-OH is 8. The first kappa shape index (κ1) is 58.7. The van der Waals surface area contributed by atoms with E-state index in [4.69, 9.17) is 34.3 Å². The Kier molecular flexibility index (Phi) is 23.9. The van der Waals surface area contributed by atoms with Crippen molar-refractivity contribution in [1.82, 2.24) is 21.3 Å². The summed E-state index contributed by atoms with van der Waals surface area (Å²) < 4.78 is 30.3. The Balaban J connectivity index is 1.54. The number of carboxylic acids is 1. The van der Waals surface area contributed by atoms with Crippen molar-refractivity contribution >= 4 is 128 Å². The molecular weight excluding hydrogens is 1280 g/mol. The van der Waals surface area contributed by atoms with E-state index in [-0.39, 0.29) is 39.4 Å². The van der Waals surface area contributed by atoms with Crippen LogP contribution in [0.5, 0.6) is 0 Å². The van der Waals surface area contributed by atoms with Crippen LogP contribution in [0.15, 0.2) is 0 Å². The average molecular weight is 1340 g/mol. The highest BCUT2D eigenvalue weighted by Crippen LogP contribution is 2.39. The van der Waals surface area contributed by atoms with Gasteiger partial charge in [0.1, 0.15) is 73.1 Å². The number of nitrogens with one attached hydrogen (secondary N) is 6. The van der Waals surface area contributed by atoms with Gasteiger partial charge < -0.3 is 102 Å². The standard InChI is InChI=1S/C36H56I3N7O19S2/c1-10(50)43-21-17(37)16(18(38)22(19(21)39)46-60-2)32(56)45-24-27(53)25(51)13(5-47)62-36(24)65-29-15(7-49)63-35(20(40)26(29)52)64-30-14(6-48)61-34(59)23(28(30)54)44-31(55)11(8-66)41-3-4-42-12(9-67)33(57)58/h11-15,20,23-30,34-36,41-42,46-49,51-54,59,66-67H,3-9,40H2,1-2H3,(H,43,50)(H,44,55)(H,45,56)(H,57,58). The molecule has 0 spiro atoms. The van der Waals surface area contributed by atoms with Crippen molar-refractivity contribution in [2.24, 2.45) is 5.73 Å². The topological polar surface area (TPSA) is 404 Å². The average Bonchev–Trinajstić information content (AvgIpc) is 3.28. The Bertz CT molecular complexity index is 1860. The van der Waals surface area contributed by atoms with Crippen LogP contribution in [0.2, 0.25) is 0 Å². The molecule has 3 heterocycles. The molecule has 67 heavy (non-hydrogen) atoms. The smallest absolute Gasteiger partial charge is 0.321 e. The van der Waals surface area contributed by atoms with Crippen LogP contribution >= 0.6 is 93.0 Å². The maximum absolute atomic E-state index is 14.2. The van der Waals surface area contributed by atoms with Crippen LogP contribution in [-0.2, 0) is 42.9 Å². The number of aliphatic carboxylic acids is 1. The molecule has 3 saturated heterocycles. The molecule has 0 bridgehead atoms. The summed E-state index contributed by atoms with van der Waals surface area (Å²) in [5.41, 5.74) is 9.62. The minimum atomic E-state index is -1.89. The second-order valence-electron chi connectivity index (χ2n) is 15.2. The maximum atomic E-state index is 14.2. The van der Waals surface area contributed by atoms with Gasteiger partial charge in [-0.15, -0.1) is 0 Å². The molecule has 382 valence electrons. The van der Waals surface area contributed by atoms with Gasteiger partial charge in [0.25, 0.3) is 5.91 Å². The number of halogens is 3. The largest absolute Gasteiger partial charge is 0.480 e. The predicted octanol–water partition coefficient (Wildman–Crippen LogP) is -5.44. The Morgan fingerprint density at radius 2 is 1.25 bits per heavy atom. The fourth-order valence-electron chi connectivity index (χ4n) is 7.24. The third kappa shape index (κ3) is 14.2. The molecule has 31 heteroatoms. The highest BCUT2D eigenvalue weighted by molar-refractivity contribution is 14.1. The molecule has 17 atom stereocenters. The number of benzene rings is 1. The van der Waals surface area contributed by atoms with Crippen molar-refractivity contribution in [2.45, 2.75) is 111 Å². The fraction of sp³-hybridized carbons (Fsp3) is 0.722. The van der Waals surface area contributed by atoms with E-state index in [0.717, 1.165) is 0 Å². The van der Waals surface area contributed by atoms with Crippen molar-refractivity contribution in [2.75, 3.05) is 62.3 Å². The van der Waals surface area contributed by atoms with Gasteiger partial charge in [0.15, 0.2) is 18.9 Å². The Hall–Kier alpha value is -0.890. The lowest BCUT2D eigenvalue weighted by Gasteiger charge is -2.49. The van der Waals surface area contributed by atoms with Gasteiger partial charge >= 0.3 is 5.97 Å². The third-order valence-corrected chi connectivity index (χ3v) is 14.7. The SMILES string of the molecule is CONc1c(I)c(NC(C)=O)c(I)c(C(=O)NC2C(OC3C(CO)OC(OC4C(CO)OC(O)C(NC(=O)C(CS)NCCNC(CS)C(=O)O)C4O)C(N)C3O)OC(CO)C(O)C2O)c1I. The minimum absolute atomic E-state index is 0.0144. The quantitative estimate of drug-likeness (QED) is 0.0223. The molecule has 3 amide bonds. The number of ether oxygens (including phenoxy) is 5. The first-order valence-electron chi connectivity index (χ1n) is 20.3. The van der Waals surface area contributed by atoms with Crippen molar-refractivity contribution in [3.63, 3.8) is 0 Å². The molecule has 1 aromatic carbocycles. The number of nitrogens with two attached hydrogens (primary N) is 1. The van der Waals surface area contributed by atoms with Crippen LogP contribution < -0.4 is 37.8 Å². The van der Waals surface area contributed by atoms with Crippen molar-refractivity contribution < 1.29 is 93.7 Å². The molecule has 26 nitrogen and oxygen atoms in total. The second kappa shape index (κ2) is 27.2. The van der Waals surface area contributed by atoms with Gasteiger partial charge in [0, 0.05) is 31.5 Å². The summed E-state index contributed by atoms with van der Waals surface area (Å²) in [7, 11) is 1.33. The molecule has 17 unspecified atom stereocenters. The van der Waals surface area contributed by atoms with Crippen LogP contribution in [-0.4, -0.2) is 225 Å². The van der Waals surface area contributed by atoms with Crippen LogP contribution in [0.4, 0.5) is 11.4 Å². The van der Waals surface area contributed by atoms with E-state index in [1.54, 1.807) is 0 Å². The predicted molar refractivity (Wildman–Crippen MR) is 263 cm³/mol. The van der Waals surface area contributed by atoms with E-state index in [0.29, 0.717) is 12.8 Å². The van der Waals surface area contributed by atoms with E-state index < -0.39 is 148 Å². The third-order valence-electron chi connectivity index (χ3n) is 10.8. The number of carbonyl (C=O) groups excluding carboxylic acids is 3. The number of aliphatic hydroxyl groups is 8. The van der Waals surface area contributed by atoms with Gasteiger partial charge in [-0.2, -0.15) is 25.3 Å². The first-order valence-corrected chi connectivity index (χ1v) is 24.8. The number of carboxylic acid groups (broad SMARTS) is 1. The van der Waals surface area contributed by atoms with Gasteiger partial charge in [-0.3, -0.25) is 29.5 Å². The first-order chi connectivity index (χ1) is 31.7. The molecule has 0 saturated carbocycles. The van der Waals surface area contributed by atoms with Gasteiger partial charge in [0.2, 0.25) is 11.8 Å². The Labute approximate surface area is 435 Å². The summed E-state index contributed by atoms with van der Waals surface area (Å²) in [4.78, 5) is 56.0. The zero-order chi connectivity index (χ0) is 50.0. The van der Waals surface area contributed by atoms with E-state index in [2.05, 4.69) is 57.3 Å². The lowest BCUT2D eigenvalue weighted by atomic mass is 9.94. The second-order valence-corrected chi connectivity index (χ2v) is 19.2. The monoisotopic (exact) mass is 1340 g/mol. The molecule has 17 N–H and O–H groups in total. The maximum Gasteiger partial charge on any atom is 0.321 e. The molecule has 3 aliphatic rings. The lowest BCUT2D eigenvalue weighted by Crippen LogP contribution is -2.70. The van der Waals surface area contributed by atoms with Crippen molar-refractivity contribution in [3.05, 3.63) is 16.3 Å². The van der Waals surface area contributed by atoms with E-state index in [1.165, 1.54) is 14.0 Å². The van der Waals surface area contributed by atoms with Crippen molar-refractivity contribution in [3.8, 4) is 0 Å². The summed E-state index contributed by atoms with van der Waals surface area (Å²) in [5, 5.41) is 109. The highest BCUT2D eigenvalue weighted by atomic mass is 127. The minimum Gasteiger partial charge on any atom is -0.480 e. The molecule has 0 aliphatic carbocycles. The van der Waals surface area contributed by atoms with Crippen LogP contribution in [0.25, 0.3) is 0 Å². The summed E-state index contributed by atoms with van der Waals surface area (Å²) >= 11 is 13.9. The lowest BCUT2D eigenvalue weighted by molar-refractivity contribution is -0.349. The van der Waals surface area contributed by atoms with Crippen LogP contribution in [0.3, 0.4) is 0 Å². The Morgan fingerprint density at radius 1 is 0.716 bits per heavy atom. The normalized spacial score (nSPS) is 33.0. The van der Waals surface area contributed by atoms with E-state index in [1.807, 2.05) is 67.8 Å². The summed E-state index contributed by atoms with van der Waals surface area (Å²) in [6.45, 7) is -1.10. The molecule has 0 aromatic heterocycles. The Morgan fingerprint density at radius 3 is 1.81 bits per heavy atom. The van der Waals surface area contributed by atoms with Crippen LogP contribution in [0.1, 0.15) is 17.3 Å². The molecular formula is C36H56I3N7O19S2. The van der Waals surface area contributed by atoms with Gasteiger partial charge in [-0.25, -0.2) is 0 Å². The van der Waals surface area contributed by atoms with Crippen molar-refractivity contribution in [1.29, 1.82) is 0 Å². The number of rotatable bonds is 22. The number of anilines is 2. The molecule has 1 aromatic rings. The molecule has 0 radical (unpaired) electrons. The molecule has 3 fully saturated rings. The highest BCUT2D eigenvalue weighted by Gasteiger charge is 2.54. The van der Waals surface area contributed by atoms with Gasteiger partial charge in [-0.05, 0) is 67.8 Å².